The van der Waals surface area contributed by atoms with Gasteiger partial charge in [0.05, 0.1) is 6.61 Å². The van der Waals surface area contributed by atoms with E-state index in [0.29, 0.717) is 24.2 Å². The normalized spacial score (nSPS) is 20.7. The highest BCUT2D eigenvalue weighted by molar-refractivity contribution is 7.89. The second kappa shape index (κ2) is 11.0. The topological polar surface area (TPSA) is 83.0 Å². The highest BCUT2D eigenvalue weighted by atomic mass is 32.2. The van der Waals surface area contributed by atoms with Gasteiger partial charge in [-0.25, -0.2) is 12.8 Å². The predicted molar refractivity (Wildman–Crippen MR) is 136 cm³/mol. The van der Waals surface area contributed by atoms with Crippen LogP contribution < -0.4 is 4.74 Å². The first-order chi connectivity index (χ1) is 17.2. The van der Waals surface area contributed by atoms with Gasteiger partial charge in [-0.05, 0) is 55.4 Å². The third-order valence-corrected chi connectivity index (χ3v) is 8.56. The van der Waals surface area contributed by atoms with Crippen LogP contribution in [0, 0.1) is 11.7 Å². The highest BCUT2D eigenvalue weighted by Crippen LogP contribution is 2.37. The number of nitrogens with zero attached hydrogens (tertiary/aromatic N) is 3. The predicted octanol–water partition coefficient (Wildman–Crippen LogP) is 3.79. The number of ether oxygens (including phenoxy) is 1. The van der Waals surface area contributed by atoms with Crippen LogP contribution in [-0.4, -0.2) is 66.6 Å². The molecule has 7 nitrogen and oxygen atoms in total. The molecule has 1 aromatic heterocycles. The van der Waals surface area contributed by atoms with Crippen LogP contribution in [0.1, 0.15) is 19.4 Å². The van der Waals surface area contributed by atoms with E-state index in [-0.39, 0.29) is 35.8 Å². The molecule has 192 valence electrons. The minimum Gasteiger partial charge on any atom is -0.487 e. The zero-order valence-corrected chi connectivity index (χ0v) is 21.5. The molecule has 3 aromatic rings. The molecule has 36 heavy (non-hydrogen) atoms. The average Bonchev–Trinajstić information content (AvgIpc) is 2.86. The summed E-state index contributed by atoms with van der Waals surface area (Å²) in [6, 6.07) is 14.3. The molecular formula is C27H32FN3O4S. The smallest absolute Gasteiger partial charge is 0.247 e. The number of halogens is 1. The van der Waals surface area contributed by atoms with E-state index in [4.69, 9.17) is 4.74 Å². The second-order valence-corrected chi connectivity index (χ2v) is 11.3. The van der Waals surface area contributed by atoms with Crippen molar-refractivity contribution in [3.63, 3.8) is 0 Å². The van der Waals surface area contributed by atoms with E-state index in [9.17, 15) is 17.9 Å². The molecule has 9 heteroatoms. The maximum Gasteiger partial charge on any atom is 0.247 e. The van der Waals surface area contributed by atoms with Crippen molar-refractivity contribution >= 4 is 10.0 Å². The van der Waals surface area contributed by atoms with E-state index in [2.05, 4.69) is 9.88 Å². The van der Waals surface area contributed by atoms with Crippen LogP contribution in [0.25, 0.3) is 11.1 Å². The molecule has 1 N–H and O–H groups in total. The number of rotatable bonds is 7. The van der Waals surface area contributed by atoms with E-state index in [0.717, 1.165) is 5.56 Å². The first kappa shape index (κ1) is 26.2. The Balaban J connectivity index is 1.74. The van der Waals surface area contributed by atoms with Gasteiger partial charge in [0, 0.05) is 49.6 Å². The molecule has 3 atom stereocenters. The highest BCUT2D eigenvalue weighted by Gasteiger charge is 2.38. The molecule has 0 saturated carbocycles. The van der Waals surface area contributed by atoms with Crippen LogP contribution in [0.3, 0.4) is 0 Å². The van der Waals surface area contributed by atoms with E-state index in [1.54, 1.807) is 49.6 Å². The summed E-state index contributed by atoms with van der Waals surface area (Å²) < 4.78 is 49.6. The van der Waals surface area contributed by atoms with Gasteiger partial charge in [-0.2, -0.15) is 4.31 Å². The van der Waals surface area contributed by atoms with Gasteiger partial charge in [0.2, 0.25) is 10.0 Å². The van der Waals surface area contributed by atoms with Crippen LogP contribution in [0.4, 0.5) is 4.39 Å². The van der Waals surface area contributed by atoms with Gasteiger partial charge in [0.15, 0.2) is 0 Å². The summed E-state index contributed by atoms with van der Waals surface area (Å²) in [6.45, 7) is 4.74. The summed E-state index contributed by atoms with van der Waals surface area (Å²) >= 11 is 0. The summed E-state index contributed by atoms with van der Waals surface area (Å²) in [6.07, 6.45) is 3.14. The maximum absolute atomic E-state index is 14.5. The standard InChI is InChI=1S/C27H32FN3O4S/c1-19-15-31(20(2)18-32)36(33,34)27-9-8-22(23-6-4-5-7-24(23)28)14-25(27)35-26(19)17-30(3)16-21-10-12-29-13-11-21/h4-14,19-20,26,32H,15-18H2,1-3H3/t19-,20+,26-/m0/s1. The van der Waals surface area contributed by atoms with Gasteiger partial charge in [-0.1, -0.05) is 31.2 Å². The molecule has 2 aromatic carbocycles. The number of hydrogen-bond acceptors (Lipinski definition) is 6. The van der Waals surface area contributed by atoms with E-state index in [1.165, 1.54) is 16.4 Å². The Morgan fingerprint density at radius 2 is 1.92 bits per heavy atom. The van der Waals surface area contributed by atoms with Crippen molar-refractivity contribution in [2.24, 2.45) is 5.92 Å². The monoisotopic (exact) mass is 513 g/mol. The Morgan fingerprint density at radius 1 is 1.19 bits per heavy atom. The molecule has 0 bridgehead atoms. The Hall–Kier alpha value is -2.85. The minimum atomic E-state index is -3.96. The van der Waals surface area contributed by atoms with Gasteiger partial charge < -0.3 is 9.84 Å². The fourth-order valence-electron chi connectivity index (χ4n) is 4.48. The lowest BCUT2D eigenvalue weighted by atomic mass is 10.0. The Labute approximate surface area is 212 Å². The zero-order valence-electron chi connectivity index (χ0n) is 20.7. The van der Waals surface area contributed by atoms with Crippen molar-refractivity contribution in [1.82, 2.24) is 14.2 Å². The van der Waals surface area contributed by atoms with Crippen LogP contribution >= 0.6 is 0 Å². The fraction of sp³-hybridized carbons (Fsp3) is 0.370. The molecule has 1 aliphatic heterocycles. The molecule has 0 amide bonds. The molecule has 4 rings (SSSR count). The number of sulfonamides is 1. The fourth-order valence-corrected chi connectivity index (χ4v) is 6.30. The van der Waals surface area contributed by atoms with E-state index >= 15 is 0 Å². The molecular weight excluding hydrogens is 481 g/mol. The molecule has 0 fully saturated rings. The first-order valence-electron chi connectivity index (χ1n) is 12.0. The summed E-state index contributed by atoms with van der Waals surface area (Å²) in [5.74, 6) is -0.401. The zero-order chi connectivity index (χ0) is 25.9. The number of aliphatic hydroxyl groups excluding tert-OH is 1. The van der Waals surface area contributed by atoms with Crippen molar-refractivity contribution < 1.29 is 22.7 Å². The van der Waals surface area contributed by atoms with E-state index in [1.807, 2.05) is 26.1 Å². The van der Waals surface area contributed by atoms with Crippen LogP contribution in [-0.2, 0) is 16.6 Å². The van der Waals surface area contributed by atoms with Gasteiger partial charge in [0.25, 0.3) is 0 Å². The molecule has 0 spiro atoms. The van der Waals surface area contributed by atoms with Gasteiger partial charge in [0.1, 0.15) is 22.6 Å². The van der Waals surface area contributed by atoms with Crippen molar-refractivity contribution in [2.45, 2.75) is 37.4 Å². The lowest BCUT2D eigenvalue weighted by Crippen LogP contribution is -2.49. The molecule has 1 aliphatic rings. The summed E-state index contributed by atoms with van der Waals surface area (Å²) in [5, 5.41) is 9.82. The molecule has 0 unspecified atom stereocenters. The van der Waals surface area contributed by atoms with Crippen molar-refractivity contribution in [3.8, 4) is 16.9 Å². The summed E-state index contributed by atoms with van der Waals surface area (Å²) in [5.41, 5.74) is 2.00. The lowest BCUT2D eigenvalue weighted by Gasteiger charge is -2.37. The van der Waals surface area contributed by atoms with Crippen LogP contribution in [0.15, 0.2) is 71.9 Å². The first-order valence-corrected chi connectivity index (χ1v) is 13.4. The van der Waals surface area contributed by atoms with Gasteiger partial charge >= 0.3 is 0 Å². The van der Waals surface area contributed by atoms with Crippen molar-refractivity contribution in [1.29, 1.82) is 0 Å². The number of aromatic nitrogens is 1. The Morgan fingerprint density at radius 3 is 2.61 bits per heavy atom. The van der Waals surface area contributed by atoms with Gasteiger partial charge in [-0.15, -0.1) is 0 Å². The number of hydrogen-bond donors (Lipinski definition) is 1. The minimum absolute atomic E-state index is 0.0107. The third-order valence-electron chi connectivity index (χ3n) is 6.55. The molecule has 0 saturated heterocycles. The van der Waals surface area contributed by atoms with E-state index < -0.39 is 21.9 Å². The molecule has 2 heterocycles. The van der Waals surface area contributed by atoms with Crippen molar-refractivity contribution in [2.75, 3.05) is 26.7 Å². The number of aliphatic hydroxyl groups is 1. The summed E-state index contributed by atoms with van der Waals surface area (Å²) in [7, 11) is -1.98. The largest absolute Gasteiger partial charge is 0.487 e. The van der Waals surface area contributed by atoms with Gasteiger partial charge in [-0.3, -0.25) is 9.88 Å². The molecule has 0 radical (unpaired) electrons. The second-order valence-electron chi connectivity index (χ2n) is 9.43. The van der Waals surface area contributed by atoms with Crippen molar-refractivity contribution in [3.05, 3.63) is 78.4 Å². The summed E-state index contributed by atoms with van der Waals surface area (Å²) in [4.78, 5) is 6.19. The third kappa shape index (κ3) is 5.59. The number of likely N-dealkylation sites (N-methyl/N-ethyl adjacent to an activating group) is 1. The maximum atomic E-state index is 14.5. The number of benzene rings is 2. The Bertz CT molecular complexity index is 1290. The Kier molecular flexibility index (Phi) is 8.04. The SMILES string of the molecule is C[C@H](CO)N1C[C@H](C)[C@H](CN(C)Cc2ccncc2)Oc2cc(-c3ccccc3F)ccc2S1(=O)=O. The van der Waals surface area contributed by atoms with Crippen LogP contribution in [0.2, 0.25) is 0 Å². The lowest BCUT2D eigenvalue weighted by molar-refractivity contribution is 0.0734. The average molecular weight is 514 g/mol. The molecule has 0 aliphatic carbocycles. The number of fused-ring (bicyclic) bond motifs is 1. The quantitative estimate of drug-likeness (QED) is 0.518. The van der Waals surface area contributed by atoms with Crippen LogP contribution in [0.5, 0.6) is 5.75 Å². The number of pyridine rings is 1.